The number of unbranched alkanes of at least 4 members (excludes halogenated alkanes) is 1. The van der Waals surface area contributed by atoms with E-state index in [4.69, 9.17) is 0 Å². The van der Waals surface area contributed by atoms with Gasteiger partial charge in [0.2, 0.25) is 5.91 Å². The van der Waals surface area contributed by atoms with Gasteiger partial charge in [0.05, 0.1) is 6.54 Å². The largest absolute Gasteiger partial charge is 0.355 e. The minimum absolute atomic E-state index is 0.109. The molecule has 3 nitrogen and oxygen atoms in total. The van der Waals surface area contributed by atoms with E-state index in [2.05, 4.69) is 38.3 Å². The zero-order valence-electron chi connectivity index (χ0n) is 10.7. The average molecular weight is 214 g/mol. The smallest absolute Gasteiger partial charge is 0.233 e. The minimum Gasteiger partial charge on any atom is -0.355 e. The topological polar surface area (TPSA) is 41.1 Å². The molecule has 15 heavy (non-hydrogen) atoms. The van der Waals surface area contributed by atoms with Crippen molar-refractivity contribution >= 4 is 5.91 Å². The van der Waals surface area contributed by atoms with E-state index in [0.29, 0.717) is 12.0 Å². The first-order valence-electron chi connectivity index (χ1n) is 5.93. The Bertz CT molecular complexity index is 173. The number of hydrogen-bond acceptors (Lipinski definition) is 2. The van der Waals surface area contributed by atoms with Crippen LogP contribution in [0, 0.1) is 5.41 Å². The number of rotatable bonds is 7. The van der Waals surface area contributed by atoms with E-state index in [1.54, 1.807) is 0 Å². The number of amides is 1. The second kappa shape index (κ2) is 7.69. The first-order valence-corrected chi connectivity index (χ1v) is 5.93. The van der Waals surface area contributed by atoms with Crippen molar-refractivity contribution in [3.05, 3.63) is 0 Å². The van der Waals surface area contributed by atoms with Crippen LogP contribution in [0.4, 0.5) is 0 Å². The molecule has 0 fully saturated rings. The summed E-state index contributed by atoms with van der Waals surface area (Å²) in [5.41, 5.74) is 0.339. The van der Waals surface area contributed by atoms with Crippen molar-refractivity contribution < 1.29 is 4.79 Å². The summed E-state index contributed by atoms with van der Waals surface area (Å²) in [6, 6.07) is 0. The fraction of sp³-hybridized carbons (Fsp3) is 0.917. The van der Waals surface area contributed by atoms with E-state index in [-0.39, 0.29) is 5.91 Å². The maximum atomic E-state index is 11.3. The predicted molar refractivity (Wildman–Crippen MR) is 64.9 cm³/mol. The van der Waals surface area contributed by atoms with Gasteiger partial charge in [-0.2, -0.15) is 0 Å². The molecule has 0 aromatic carbocycles. The molecule has 2 N–H and O–H groups in total. The van der Waals surface area contributed by atoms with Gasteiger partial charge in [0, 0.05) is 6.54 Å². The molecule has 0 aromatic rings. The lowest BCUT2D eigenvalue weighted by atomic mass is 9.92. The van der Waals surface area contributed by atoms with Gasteiger partial charge >= 0.3 is 0 Å². The molecule has 0 aliphatic carbocycles. The van der Waals surface area contributed by atoms with E-state index >= 15 is 0 Å². The van der Waals surface area contributed by atoms with Crippen LogP contribution >= 0.6 is 0 Å². The molecular formula is C12H26N2O. The standard InChI is InChI=1S/C12H26N2O/c1-5-6-8-14-11(15)10-13-9-7-12(2,3)4/h13H,5-10H2,1-4H3,(H,14,15). The Morgan fingerprint density at radius 3 is 2.40 bits per heavy atom. The molecule has 90 valence electrons. The summed E-state index contributed by atoms with van der Waals surface area (Å²) in [7, 11) is 0. The van der Waals surface area contributed by atoms with Crippen LogP contribution in [0.5, 0.6) is 0 Å². The van der Waals surface area contributed by atoms with Crippen LogP contribution in [-0.4, -0.2) is 25.5 Å². The summed E-state index contributed by atoms with van der Waals surface area (Å²) in [6.07, 6.45) is 3.28. The zero-order chi connectivity index (χ0) is 11.7. The molecule has 0 unspecified atom stereocenters. The third-order valence-corrected chi connectivity index (χ3v) is 2.19. The first-order chi connectivity index (χ1) is 6.95. The molecule has 0 saturated carbocycles. The van der Waals surface area contributed by atoms with Crippen LogP contribution < -0.4 is 10.6 Å². The van der Waals surface area contributed by atoms with Crippen molar-refractivity contribution in [1.82, 2.24) is 10.6 Å². The van der Waals surface area contributed by atoms with Crippen molar-refractivity contribution in [2.75, 3.05) is 19.6 Å². The van der Waals surface area contributed by atoms with Gasteiger partial charge in [-0.05, 0) is 24.8 Å². The van der Waals surface area contributed by atoms with Crippen LogP contribution in [0.15, 0.2) is 0 Å². The Kier molecular flexibility index (Phi) is 7.39. The molecule has 0 heterocycles. The van der Waals surface area contributed by atoms with Gasteiger partial charge in [0.25, 0.3) is 0 Å². The van der Waals surface area contributed by atoms with Crippen molar-refractivity contribution in [2.24, 2.45) is 5.41 Å². The first kappa shape index (κ1) is 14.4. The fourth-order valence-corrected chi connectivity index (χ4v) is 1.13. The summed E-state index contributed by atoms with van der Waals surface area (Å²) in [6.45, 7) is 10.9. The molecule has 3 heteroatoms. The molecule has 0 radical (unpaired) electrons. The lowest BCUT2D eigenvalue weighted by Gasteiger charge is -2.17. The Labute approximate surface area is 94.0 Å². The molecule has 1 amide bonds. The van der Waals surface area contributed by atoms with Crippen molar-refractivity contribution in [3.8, 4) is 0 Å². The van der Waals surface area contributed by atoms with Gasteiger partial charge < -0.3 is 10.6 Å². The van der Waals surface area contributed by atoms with Crippen LogP contribution in [0.3, 0.4) is 0 Å². The third kappa shape index (κ3) is 11.4. The second-order valence-electron chi connectivity index (χ2n) is 5.19. The minimum atomic E-state index is 0.109. The molecule has 0 rings (SSSR count). The molecule has 0 bridgehead atoms. The van der Waals surface area contributed by atoms with Gasteiger partial charge in [-0.1, -0.05) is 34.1 Å². The Balaban J connectivity index is 3.32. The molecule has 0 saturated heterocycles. The van der Waals surface area contributed by atoms with E-state index in [1.165, 1.54) is 0 Å². The molecule has 0 aliphatic heterocycles. The highest BCUT2D eigenvalue weighted by atomic mass is 16.1. The highest BCUT2D eigenvalue weighted by molar-refractivity contribution is 5.77. The quantitative estimate of drug-likeness (QED) is 0.636. The number of hydrogen-bond donors (Lipinski definition) is 2. The van der Waals surface area contributed by atoms with E-state index < -0.39 is 0 Å². The highest BCUT2D eigenvalue weighted by Crippen LogP contribution is 2.16. The molecule has 0 spiro atoms. The second-order valence-corrected chi connectivity index (χ2v) is 5.19. The number of carbonyl (C=O) groups excluding carboxylic acids is 1. The average Bonchev–Trinajstić information content (AvgIpc) is 2.11. The maximum Gasteiger partial charge on any atom is 0.233 e. The Hall–Kier alpha value is -0.570. The number of carbonyl (C=O) groups is 1. The van der Waals surface area contributed by atoms with Crippen LogP contribution in [0.25, 0.3) is 0 Å². The normalized spacial score (nSPS) is 11.5. The van der Waals surface area contributed by atoms with Crippen molar-refractivity contribution in [1.29, 1.82) is 0 Å². The summed E-state index contributed by atoms with van der Waals surface area (Å²) in [5, 5.41) is 6.04. The van der Waals surface area contributed by atoms with E-state index in [0.717, 1.165) is 32.4 Å². The number of nitrogens with one attached hydrogen (secondary N) is 2. The Morgan fingerprint density at radius 1 is 1.20 bits per heavy atom. The summed E-state index contributed by atoms with van der Waals surface area (Å²) < 4.78 is 0. The SMILES string of the molecule is CCCCNC(=O)CNCCC(C)(C)C. The van der Waals surface area contributed by atoms with Gasteiger partial charge in [-0.15, -0.1) is 0 Å². The maximum absolute atomic E-state index is 11.3. The van der Waals surface area contributed by atoms with Crippen LogP contribution in [0.1, 0.15) is 47.0 Å². The van der Waals surface area contributed by atoms with Gasteiger partial charge in [-0.25, -0.2) is 0 Å². The summed E-state index contributed by atoms with van der Waals surface area (Å²) >= 11 is 0. The van der Waals surface area contributed by atoms with E-state index in [1.807, 2.05) is 0 Å². The monoisotopic (exact) mass is 214 g/mol. The van der Waals surface area contributed by atoms with Crippen LogP contribution in [-0.2, 0) is 4.79 Å². The third-order valence-electron chi connectivity index (χ3n) is 2.19. The van der Waals surface area contributed by atoms with Gasteiger partial charge in [0.15, 0.2) is 0 Å². The molecule has 0 aliphatic rings. The van der Waals surface area contributed by atoms with Crippen molar-refractivity contribution in [3.63, 3.8) is 0 Å². The lowest BCUT2D eigenvalue weighted by Crippen LogP contribution is -2.35. The lowest BCUT2D eigenvalue weighted by molar-refractivity contribution is -0.120. The molecular weight excluding hydrogens is 188 g/mol. The molecule has 0 atom stereocenters. The van der Waals surface area contributed by atoms with Gasteiger partial charge in [0.1, 0.15) is 0 Å². The fourth-order valence-electron chi connectivity index (χ4n) is 1.13. The summed E-state index contributed by atoms with van der Waals surface area (Å²) in [4.78, 5) is 11.3. The van der Waals surface area contributed by atoms with Crippen LogP contribution in [0.2, 0.25) is 0 Å². The van der Waals surface area contributed by atoms with E-state index in [9.17, 15) is 4.79 Å². The predicted octanol–water partition coefficient (Wildman–Crippen LogP) is 1.93. The molecule has 0 aromatic heterocycles. The zero-order valence-corrected chi connectivity index (χ0v) is 10.7. The highest BCUT2D eigenvalue weighted by Gasteiger charge is 2.09. The van der Waals surface area contributed by atoms with Crippen molar-refractivity contribution in [2.45, 2.75) is 47.0 Å². The van der Waals surface area contributed by atoms with Gasteiger partial charge in [-0.3, -0.25) is 4.79 Å². The Morgan fingerprint density at radius 2 is 1.87 bits per heavy atom. The summed E-state index contributed by atoms with van der Waals surface area (Å²) in [5.74, 6) is 0.109.